The summed E-state index contributed by atoms with van der Waals surface area (Å²) in [6.45, 7) is 1.51. The van der Waals surface area contributed by atoms with E-state index in [2.05, 4.69) is 5.32 Å². The number of fused-ring (bicyclic) bond motifs is 3. The standard InChI is InChI=1S/C22H25NO5/c1-13(19-11-14-5-2-3-8-18(14)28-19)23-20(24)12-27-22(26)17-9-15-6-4-7-16(10-17)21(15)25/h2-3,5,8,11,13,15-17H,4,6-7,9-10,12H2,1H3,(H,23,24)/t13-,15-,16+,17?/m1/s1. The number of nitrogens with one attached hydrogen (secondary N) is 1. The van der Waals surface area contributed by atoms with E-state index in [1.54, 1.807) is 0 Å². The molecule has 0 saturated heterocycles. The number of furan rings is 1. The number of esters is 1. The monoisotopic (exact) mass is 383 g/mol. The highest BCUT2D eigenvalue weighted by Gasteiger charge is 2.41. The predicted octanol–water partition coefficient (Wildman–Crippen LogP) is 3.55. The molecule has 1 unspecified atom stereocenters. The van der Waals surface area contributed by atoms with Gasteiger partial charge < -0.3 is 14.5 Å². The lowest BCUT2D eigenvalue weighted by Crippen LogP contribution is -2.40. The second-order valence-electron chi connectivity index (χ2n) is 7.98. The first kappa shape index (κ1) is 18.7. The zero-order valence-corrected chi connectivity index (χ0v) is 16.0. The molecule has 148 valence electrons. The smallest absolute Gasteiger partial charge is 0.309 e. The topological polar surface area (TPSA) is 85.6 Å². The Balaban J connectivity index is 1.28. The average molecular weight is 383 g/mol. The number of carbonyl (C=O) groups is 3. The highest BCUT2D eigenvalue weighted by atomic mass is 16.5. The molecule has 1 amide bonds. The molecule has 28 heavy (non-hydrogen) atoms. The number of carbonyl (C=O) groups excluding carboxylic acids is 3. The molecule has 0 spiro atoms. The van der Waals surface area contributed by atoms with E-state index in [0.717, 1.165) is 30.2 Å². The Kier molecular flexibility index (Phi) is 5.20. The first-order valence-corrected chi connectivity index (χ1v) is 9.99. The molecule has 1 heterocycles. The molecule has 4 atom stereocenters. The van der Waals surface area contributed by atoms with Crippen LogP contribution in [0, 0.1) is 17.8 Å². The highest BCUT2D eigenvalue weighted by Crippen LogP contribution is 2.40. The van der Waals surface area contributed by atoms with Crippen molar-refractivity contribution in [2.24, 2.45) is 17.8 Å². The fourth-order valence-corrected chi connectivity index (χ4v) is 4.50. The number of benzene rings is 1. The van der Waals surface area contributed by atoms with Gasteiger partial charge in [0.15, 0.2) is 6.61 Å². The summed E-state index contributed by atoms with van der Waals surface area (Å²) in [6, 6.07) is 9.21. The highest BCUT2D eigenvalue weighted by molar-refractivity contribution is 5.88. The molecule has 2 fully saturated rings. The summed E-state index contributed by atoms with van der Waals surface area (Å²) in [5.74, 6) is -0.0518. The molecule has 1 aromatic carbocycles. The van der Waals surface area contributed by atoms with Crippen LogP contribution in [0.3, 0.4) is 0 Å². The lowest BCUT2D eigenvalue weighted by molar-refractivity contribution is -0.156. The molecule has 2 aliphatic carbocycles. The predicted molar refractivity (Wildman–Crippen MR) is 102 cm³/mol. The van der Waals surface area contributed by atoms with Crippen molar-refractivity contribution in [3.05, 3.63) is 36.1 Å². The molecule has 2 bridgehead atoms. The number of ether oxygens (including phenoxy) is 1. The first-order chi connectivity index (χ1) is 13.5. The van der Waals surface area contributed by atoms with Crippen molar-refractivity contribution in [3.8, 4) is 0 Å². The summed E-state index contributed by atoms with van der Waals surface area (Å²) in [4.78, 5) is 36.7. The van der Waals surface area contributed by atoms with Crippen LogP contribution < -0.4 is 5.32 Å². The van der Waals surface area contributed by atoms with Gasteiger partial charge in [0.1, 0.15) is 17.1 Å². The Bertz CT molecular complexity index is 852. The van der Waals surface area contributed by atoms with Gasteiger partial charge in [-0.25, -0.2) is 0 Å². The lowest BCUT2D eigenvalue weighted by Gasteiger charge is -2.36. The first-order valence-electron chi connectivity index (χ1n) is 9.99. The molecule has 2 aromatic rings. The van der Waals surface area contributed by atoms with Crippen molar-refractivity contribution in [1.29, 1.82) is 0 Å². The van der Waals surface area contributed by atoms with E-state index in [0.29, 0.717) is 24.4 Å². The molecule has 1 aromatic heterocycles. The van der Waals surface area contributed by atoms with Crippen LogP contribution >= 0.6 is 0 Å². The van der Waals surface area contributed by atoms with E-state index in [4.69, 9.17) is 9.15 Å². The summed E-state index contributed by atoms with van der Waals surface area (Å²) in [6.07, 6.45) is 3.92. The Labute approximate surface area is 163 Å². The van der Waals surface area contributed by atoms with Gasteiger partial charge in [0, 0.05) is 17.2 Å². The molecule has 1 N–H and O–H groups in total. The maximum atomic E-state index is 12.4. The number of Topliss-reactive ketones (excluding diaryl/α,β-unsaturated/α-hetero) is 1. The van der Waals surface area contributed by atoms with Crippen LogP contribution in [0.4, 0.5) is 0 Å². The third kappa shape index (κ3) is 3.81. The van der Waals surface area contributed by atoms with Crippen LogP contribution in [0.2, 0.25) is 0 Å². The molecular weight excluding hydrogens is 358 g/mol. The number of hydrogen-bond donors (Lipinski definition) is 1. The molecule has 0 aliphatic heterocycles. The van der Waals surface area contributed by atoms with Crippen molar-refractivity contribution in [2.45, 2.75) is 45.1 Å². The summed E-state index contributed by atoms with van der Waals surface area (Å²) < 4.78 is 11.0. The van der Waals surface area contributed by atoms with Gasteiger partial charge in [-0.2, -0.15) is 0 Å². The van der Waals surface area contributed by atoms with Gasteiger partial charge in [-0.1, -0.05) is 24.6 Å². The number of hydrogen-bond acceptors (Lipinski definition) is 5. The number of rotatable bonds is 5. The molecule has 2 aliphatic rings. The number of amides is 1. The van der Waals surface area contributed by atoms with Gasteiger partial charge in [0.2, 0.25) is 0 Å². The summed E-state index contributed by atoms with van der Waals surface area (Å²) in [7, 11) is 0. The molecule has 4 rings (SSSR count). The fraction of sp³-hybridized carbons (Fsp3) is 0.500. The Hall–Kier alpha value is -2.63. The van der Waals surface area contributed by atoms with E-state index < -0.39 is 0 Å². The van der Waals surface area contributed by atoms with Crippen LogP contribution in [-0.4, -0.2) is 24.3 Å². The zero-order chi connectivity index (χ0) is 19.7. The Morgan fingerprint density at radius 2 is 1.93 bits per heavy atom. The Morgan fingerprint density at radius 1 is 1.21 bits per heavy atom. The largest absolute Gasteiger partial charge is 0.459 e. The molecule has 6 nitrogen and oxygen atoms in total. The average Bonchev–Trinajstić information content (AvgIpc) is 3.10. The van der Waals surface area contributed by atoms with Crippen LogP contribution in [0.15, 0.2) is 34.7 Å². The van der Waals surface area contributed by atoms with E-state index in [1.165, 1.54) is 0 Å². The normalized spacial score (nSPS) is 25.3. The fourth-order valence-electron chi connectivity index (χ4n) is 4.50. The lowest BCUT2D eigenvalue weighted by atomic mass is 9.67. The van der Waals surface area contributed by atoms with E-state index in [1.807, 2.05) is 37.3 Å². The SMILES string of the molecule is C[C@@H](NC(=O)COC(=O)C1C[C@H]2CCC[C@@H](C1)C2=O)c1cc2ccccc2o1. The summed E-state index contributed by atoms with van der Waals surface area (Å²) in [5.41, 5.74) is 0.766. The van der Waals surface area contributed by atoms with Crippen molar-refractivity contribution >= 4 is 28.6 Å². The van der Waals surface area contributed by atoms with Crippen LogP contribution in [0.25, 0.3) is 11.0 Å². The second kappa shape index (κ2) is 7.78. The van der Waals surface area contributed by atoms with Gasteiger partial charge in [0.25, 0.3) is 5.91 Å². The summed E-state index contributed by atoms with van der Waals surface area (Å²) >= 11 is 0. The Morgan fingerprint density at radius 3 is 2.64 bits per heavy atom. The van der Waals surface area contributed by atoms with Gasteiger partial charge in [-0.3, -0.25) is 14.4 Å². The van der Waals surface area contributed by atoms with Crippen molar-refractivity contribution in [1.82, 2.24) is 5.32 Å². The minimum Gasteiger partial charge on any atom is -0.459 e. The number of para-hydroxylation sites is 1. The van der Waals surface area contributed by atoms with Crippen LogP contribution in [0.5, 0.6) is 0 Å². The number of ketones is 1. The molecule has 2 saturated carbocycles. The quantitative estimate of drug-likeness (QED) is 0.798. The van der Waals surface area contributed by atoms with Gasteiger partial charge in [-0.15, -0.1) is 0 Å². The van der Waals surface area contributed by atoms with Gasteiger partial charge >= 0.3 is 5.97 Å². The molecule has 6 heteroatoms. The van der Waals surface area contributed by atoms with Crippen molar-refractivity contribution in [2.75, 3.05) is 6.61 Å². The zero-order valence-electron chi connectivity index (χ0n) is 16.0. The van der Waals surface area contributed by atoms with E-state index >= 15 is 0 Å². The van der Waals surface area contributed by atoms with Crippen LogP contribution in [0.1, 0.15) is 50.8 Å². The third-order valence-electron chi connectivity index (χ3n) is 5.98. The van der Waals surface area contributed by atoms with Crippen molar-refractivity contribution in [3.63, 3.8) is 0 Å². The minimum absolute atomic E-state index is 0.00742. The second-order valence-corrected chi connectivity index (χ2v) is 7.98. The van der Waals surface area contributed by atoms with E-state index in [9.17, 15) is 14.4 Å². The van der Waals surface area contributed by atoms with E-state index in [-0.39, 0.29) is 42.3 Å². The minimum atomic E-state index is -0.367. The molecule has 0 radical (unpaired) electrons. The third-order valence-corrected chi connectivity index (χ3v) is 5.98. The maximum Gasteiger partial charge on any atom is 0.309 e. The van der Waals surface area contributed by atoms with Crippen molar-refractivity contribution < 1.29 is 23.5 Å². The maximum absolute atomic E-state index is 12.4. The van der Waals surface area contributed by atoms with Crippen LogP contribution in [-0.2, 0) is 19.1 Å². The summed E-state index contributed by atoms with van der Waals surface area (Å²) in [5, 5.41) is 3.77. The molecular formula is C22H25NO5. The van der Waals surface area contributed by atoms with Gasteiger partial charge in [-0.05, 0) is 44.7 Å². The van der Waals surface area contributed by atoms with Gasteiger partial charge in [0.05, 0.1) is 12.0 Å².